The molecule has 0 aromatic rings. The van der Waals surface area contributed by atoms with E-state index in [1.807, 2.05) is 6.92 Å². The van der Waals surface area contributed by atoms with Gasteiger partial charge in [-0.2, -0.15) is 0 Å². The number of aliphatic hydroxyl groups is 2. The van der Waals surface area contributed by atoms with Crippen LogP contribution < -0.4 is 0 Å². The molecule has 0 aliphatic carbocycles. The third-order valence-electron chi connectivity index (χ3n) is 4.79. The van der Waals surface area contributed by atoms with Gasteiger partial charge in [0.2, 0.25) is 0 Å². The first-order valence-corrected chi connectivity index (χ1v) is 9.74. The monoisotopic (exact) mass is 286 g/mol. The summed E-state index contributed by atoms with van der Waals surface area (Å²) in [6, 6.07) is -0.608. The van der Waals surface area contributed by atoms with Crippen molar-refractivity contribution in [3.63, 3.8) is 0 Å². The van der Waals surface area contributed by atoms with Crippen molar-refractivity contribution < 1.29 is 19.4 Å². The van der Waals surface area contributed by atoms with Crippen LogP contribution in [0.15, 0.2) is 0 Å². The summed E-state index contributed by atoms with van der Waals surface area (Å²) in [6.07, 6.45) is -0.291. The van der Waals surface area contributed by atoms with Crippen LogP contribution in [0.25, 0.3) is 0 Å². The Labute approximate surface area is 119 Å². The van der Waals surface area contributed by atoms with E-state index in [-0.39, 0.29) is 30.3 Å². The Bertz CT molecular complexity index is 312. The maximum absolute atomic E-state index is 9.50. The van der Waals surface area contributed by atoms with Gasteiger partial charge in [0.05, 0.1) is 19.3 Å². The molecule has 4 nitrogen and oxygen atoms in total. The van der Waals surface area contributed by atoms with Crippen LogP contribution in [0.3, 0.4) is 0 Å². The molecule has 3 atom stereocenters. The molecule has 0 saturated carbocycles. The highest BCUT2D eigenvalue weighted by atomic mass is 28.4. The Hall–Kier alpha value is 0.122. The average molecular weight is 286 g/mol. The lowest BCUT2D eigenvalue weighted by Gasteiger charge is -2.40. The maximum atomic E-state index is 9.50. The molecule has 1 aliphatic heterocycles. The summed E-state index contributed by atoms with van der Waals surface area (Å²) in [5, 5.41) is 19.1. The minimum atomic E-state index is -1.96. The lowest BCUT2D eigenvalue weighted by molar-refractivity contribution is -0.0991. The fraction of sp³-hybridized carbons (Fsp3) is 1.00. The van der Waals surface area contributed by atoms with Gasteiger partial charge in [-0.25, -0.2) is 0 Å². The van der Waals surface area contributed by atoms with E-state index in [2.05, 4.69) is 33.9 Å². The normalized spacial score (nSPS) is 31.7. The molecule has 0 bridgehead atoms. The highest BCUT2D eigenvalue weighted by Gasteiger charge is 2.53. The van der Waals surface area contributed by atoms with Gasteiger partial charge in [-0.15, -0.1) is 0 Å². The first-order chi connectivity index (χ1) is 8.50. The largest absolute Gasteiger partial charge is 0.412 e. The molecule has 110 valence electrons. The molecule has 1 rings (SSSR count). The maximum Gasteiger partial charge on any atom is 0.192 e. The molecule has 0 aromatic heterocycles. The zero-order valence-electron chi connectivity index (χ0n) is 12.9. The van der Waals surface area contributed by atoms with Crippen LogP contribution in [-0.4, -0.2) is 57.3 Å². The Kier molecular flexibility index (Phi) is 4.96. The second-order valence-electron chi connectivity index (χ2n) is 7.09. The molecule has 0 unspecified atom stereocenters. The number of ether oxygens (including phenoxy) is 1. The van der Waals surface area contributed by atoms with Gasteiger partial charge in [-0.3, -0.25) is 0 Å². The molecular weight excluding hydrogens is 259 g/mol. The van der Waals surface area contributed by atoms with Crippen molar-refractivity contribution >= 4 is 16.2 Å². The van der Waals surface area contributed by atoms with Gasteiger partial charge in [0.25, 0.3) is 0 Å². The fourth-order valence-corrected chi connectivity index (χ4v) is 3.50. The van der Waals surface area contributed by atoms with Gasteiger partial charge < -0.3 is 19.4 Å². The number of hydrogen-bond donors (Lipinski definition) is 2. The summed E-state index contributed by atoms with van der Waals surface area (Å²) in [7, 11) is 4.03. The summed E-state index contributed by atoms with van der Waals surface area (Å²) >= 11 is 0. The first-order valence-electron chi connectivity index (χ1n) is 6.84. The van der Waals surface area contributed by atoms with Gasteiger partial charge in [0, 0.05) is 11.9 Å². The van der Waals surface area contributed by atoms with Crippen LogP contribution in [0, 0.1) is 5.92 Å². The van der Waals surface area contributed by atoms with Crippen LogP contribution in [0.2, 0.25) is 18.1 Å². The van der Waals surface area contributed by atoms with E-state index in [9.17, 15) is 10.2 Å². The minimum absolute atomic E-state index is 0.0795. The van der Waals surface area contributed by atoms with Gasteiger partial charge in [0.1, 0.15) is 13.4 Å². The van der Waals surface area contributed by atoms with Crippen LogP contribution in [0.5, 0.6) is 0 Å². The average Bonchev–Trinajstić information content (AvgIpc) is 2.52. The van der Waals surface area contributed by atoms with Crippen LogP contribution >= 0.6 is 0 Å². The van der Waals surface area contributed by atoms with Crippen molar-refractivity contribution in [1.29, 1.82) is 0 Å². The molecule has 1 aliphatic rings. The van der Waals surface area contributed by atoms with Crippen LogP contribution in [-0.2, 0) is 9.16 Å². The Morgan fingerprint density at radius 1 is 1.26 bits per heavy atom. The molecule has 2 N–H and O–H groups in total. The smallest absolute Gasteiger partial charge is 0.192 e. The molecule has 1 heterocycles. The number of rotatable bonds is 4. The van der Waals surface area contributed by atoms with Gasteiger partial charge >= 0.3 is 0 Å². The summed E-state index contributed by atoms with van der Waals surface area (Å²) in [5.74, 6) is -0.147. The first kappa shape index (κ1) is 17.2. The van der Waals surface area contributed by atoms with E-state index in [1.165, 1.54) is 0 Å². The molecule has 1 fully saturated rings. The predicted octanol–water partition coefficient (Wildman–Crippen LogP) is 1.26. The van der Waals surface area contributed by atoms with Crippen LogP contribution in [0.4, 0.5) is 0 Å². The van der Waals surface area contributed by atoms with Crippen LogP contribution in [0.1, 0.15) is 27.7 Å². The summed E-state index contributed by atoms with van der Waals surface area (Å²) < 4.78 is 11.9. The molecule has 19 heavy (non-hydrogen) atoms. The highest BCUT2D eigenvalue weighted by Crippen LogP contribution is 2.43. The van der Waals surface area contributed by atoms with E-state index in [0.717, 1.165) is 0 Å². The van der Waals surface area contributed by atoms with Crippen molar-refractivity contribution in [1.82, 2.24) is 0 Å². The van der Waals surface area contributed by atoms with Gasteiger partial charge in [0.15, 0.2) is 8.32 Å². The standard InChI is InChI=1S/C13H27BO4Si/c1-9-10(18-19(5,6)12(2,3)4)11(14)17-13(9,7-15)8-16/h9-11,15-16H,7-8H2,1-6H3/t9-,10+,11+/m0/s1. The topological polar surface area (TPSA) is 58.9 Å². The van der Waals surface area contributed by atoms with Crippen molar-refractivity contribution in [2.45, 2.75) is 63.5 Å². The molecule has 0 amide bonds. The van der Waals surface area contributed by atoms with Gasteiger partial charge in [-0.05, 0) is 18.1 Å². The fourth-order valence-electron chi connectivity index (χ4n) is 2.13. The summed E-state index contributed by atoms with van der Waals surface area (Å²) in [6.45, 7) is 12.2. The lowest BCUT2D eigenvalue weighted by atomic mass is 9.83. The SMILES string of the molecule is [B][C@@H]1OC(CO)(CO)[C@@H](C)[C@H]1O[Si](C)(C)C(C)(C)C. The van der Waals surface area contributed by atoms with Crippen molar-refractivity contribution in [2.24, 2.45) is 5.92 Å². The molecular formula is C13H27BO4Si. The molecule has 1 saturated heterocycles. The Morgan fingerprint density at radius 3 is 2.05 bits per heavy atom. The molecule has 6 heteroatoms. The summed E-state index contributed by atoms with van der Waals surface area (Å²) in [4.78, 5) is 0. The van der Waals surface area contributed by atoms with E-state index in [1.54, 1.807) is 0 Å². The molecule has 2 radical (unpaired) electrons. The second kappa shape index (κ2) is 5.48. The van der Waals surface area contributed by atoms with E-state index < -0.39 is 19.9 Å². The van der Waals surface area contributed by atoms with E-state index >= 15 is 0 Å². The van der Waals surface area contributed by atoms with Crippen molar-refractivity contribution in [3.8, 4) is 0 Å². The third kappa shape index (κ3) is 3.08. The lowest BCUT2D eigenvalue weighted by Crippen LogP contribution is -2.49. The molecule has 0 aromatic carbocycles. The van der Waals surface area contributed by atoms with Gasteiger partial charge in [-0.1, -0.05) is 27.7 Å². The zero-order chi connectivity index (χ0) is 15.1. The third-order valence-corrected chi connectivity index (χ3v) is 9.26. The number of hydrogen-bond acceptors (Lipinski definition) is 4. The van der Waals surface area contributed by atoms with Crippen molar-refractivity contribution in [2.75, 3.05) is 13.2 Å². The molecule has 0 spiro atoms. The Balaban J connectivity index is 2.91. The Morgan fingerprint density at radius 2 is 1.74 bits per heavy atom. The summed E-state index contributed by atoms with van der Waals surface area (Å²) in [5.41, 5.74) is -0.994. The van der Waals surface area contributed by atoms with E-state index in [4.69, 9.17) is 17.0 Å². The number of aliphatic hydroxyl groups excluding tert-OH is 2. The quantitative estimate of drug-likeness (QED) is 0.764. The zero-order valence-corrected chi connectivity index (χ0v) is 13.9. The minimum Gasteiger partial charge on any atom is -0.412 e. The van der Waals surface area contributed by atoms with Crippen molar-refractivity contribution in [3.05, 3.63) is 0 Å². The predicted molar refractivity (Wildman–Crippen MR) is 78.8 cm³/mol. The highest BCUT2D eigenvalue weighted by molar-refractivity contribution is 6.74. The van der Waals surface area contributed by atoms with E-state index in [0.29, 0.717) is 0 Å². The second-order valence-corrected chi connectivity index (χ2v) is 11.9.